The molecule has 2 aromatic rings. The Hall–Kier alpha value is -2.29. The summed E-state index contributed by atoms with van der Waals surface area (Å²) in [5.74, 6) is -4.34. The van der Waals surface area contributed by atoms with Crippen LogP contribution in [0.5, 0.6) is 0 Å². The van der Waals surface area contributed by atoms with E-state index in [4.69, 9.17) is 0 Å². The van der Waals surface area contributed by atoms with Gasteiger partial charge in [0.1, 0.15) is 6.10 Å². The lowest BCUT2D eigenvalue weighted by atomic mass is 9.88. The Kier molecular flexibility index (Phi) is 5.20. The number of anilines is 1. The number of benzene rings is 1. The molecule has 162 valence electrons. The minimum Gasteiger partial charge on any atom is -0.385 e. The molecule has 4 nitrogen and oxygen atoms in total. The number of hydrogen-bond acceptors (Lipinski definition) is 4. The largest absolute Gasteiger partial charge is 0.418 e. The summed E-state index contributed by atoms with van der Waals surface area (Å²) in [6, 6.07) is 4.93. The Balaban J connectivity index is 1.64. The number of alkyl halides is 5. The quantitative estimate of drug-likeness (QED) is 0.716. The van der Waals surface area contributed by atoms with E-state index in [9.17, 15) is 31.9 Å². The van der Waals surface area contributed by atoms with Crippen LogP contribution in [0.15, 0.2) is 30.5 Å². The molecule has 1 aromatic heterocycles. The van der Waals surface area contributed by atoms with Gasteiger partial charge in [0.15, 0.2) is 5.78 Å². The molecular formula is C21H21F5N2O2. The Bertz CT molecular complexity index is 958. The Morgan fingerprint density at radius 2 is 2.00 bits per heavy atom. The Labute approximate surface area is 169 Å². The van der Waals surface area contributed by atoms with Crippen molar-refractivity contribution in [2.24, 2.45) is 11.8 Å². The van der Waals surface area contributed by atoms with Crippen molar-refractivity contribution in [1.29, 1.82) is 0 Å². The fourth-order valence-corrected chi connectivity index (χ4v) is 4.27. The molecule has 9 heteroatoms. The third-order valence-corrected chi connectivity index (χ3v) is 5.77. The van der Waals surface area contributed by atoms with Gasteiger partial charge in [-0.2, -0.15) is 13.2 Å². The number of aromatic nitrogens is 1. The van der Waals surface area contributed by atoms with Gasteiger partial charge in [-0.15, -0.1) is 0 Å². The topological polar surface area (TPSA) is 53.4 Å². The SMILES string of the molecule is O=C(CC1CN(c2ccc(C(F)(F)F)c3ncccc23)CC(F)(F)C1)C(O)C1CC1. The molecule has 0 radical (unpaired) electrons. The van der Waals surface area contributed by atoms with Gasteiger partial charge in [-0.05, 0) is 48.9 Å². The maximum Gasteiger partial charge on any atom is 0.418 e. The lowest BCUT2D eigenvalue weighted by molar-refractivity contribution is -0.136. The number of halogens is 5. The molecule has 2 heterocycles. The number of aliphatic hydroxyl groups is 1. The first-order chi connectivity index (χ1) is 14.0. The summed E-state index contributed by atoms with van der Waals surface area (Å²) in [6.45, 7) is -0.563. The van der Waals surface area contributed by atoms with Crippen molar-refractivity contribution >= 4 is 22.4 Å². The van der Waals surface area contributed by atoms with Gasteiger partial charge in [0.25, 0.3) is 5.92 Å². The molecular weight excluding hydrogens is 407 g/mol. The molecule has 0 spiro atoms. The third kappa shape index (κ3) is 4.26. The highest BCUT2D eigenvalue weighted by molar-refractivity contribution is 5.94. The summed E-state index contributed by atoms with van der Waals surface area (Å²) < 4.78 is 68.9. The monoisotopic (exact) mass is 428 g/mol. The van der Waals surface area contributed by atoms with Crippen LogP contribution in [0.1, 0.15) is 31.2 Å². The lowest BCUT2D eigenvalue weighted by Crippen LogP contribution is -2.48. The van der Waals surface area contributed by atoms with Gasteiger partial charge >= 0.3 is 6.18 Å². The summed E-state index contributed by atoms with van der Waals surface area (Å²) in [5, 5.41) is 10.1. The zero-order valence-corrected chi connectivity index (χ0v) is 16.0. The molecule has 2 fully saturated rings. The molecule has 30 heavy (non-hydrogen) atoms. The molecule has 1 aliphatic carbocycles. The summed E-state index contributed by atoms with van der Waals surface area (Å²) in [4.78, 5) is 17.4. The number of rotatable bonds is 5. The van der Waals surface area contributed by atoms with Crippen LogP contribution in [-0.4, -0.2) is 41.0 Å². The average molecular weight is 428 g/mol. The number of piperidine rings is 1. The van der Waals surface area contributed by atoms with Crippen molar-refractivity contribution in [3.8, 4) is 0 Å². The van der Waals surface area contributed by atoms with E-state index in [0.29, 0.717) is 0 Å². The van der Waals surface area contributed by atoms with Crippen molar-refractivity contribution < 1.29 is 31.9 Å². The number of fused-ring (bicyclic) bond motifs is 1. The number of nitrogens with zero attached hydrogens (tertiary/aromatic N) is 2. The average Bonchev–Trinajstić information content (AvgIpc) is 3.49. The maximum atomic E-state index is 14.5. The maximum absolute atomic E-state index is 14.5. The predicted octanol–water partition coefficient (Wildman–Crippen LogP) is 4.45. The molecule has 1 saturated carbocycles. The smallest absolute Gasteiger partial charge is 0.385 e. The third-order valence-electron chi connectivity index (χ3n) is 5.77. The zero-order chi connectivity index (χ0) is 21.7. The molecule has 2 atom stereocenters. The molecule has 1 N–H and O–H groups in total. The van der Waals surface area contributed by atoms with Crippen LogP contribution in [0.25, 0.3) is 10.9 Å². The van der Waals surface area contributed by atoms with Gasteiger partial charge in [-0.1, -0.05) is 0 Å². The van der Waals surface area contributed by atoms with Crippen LogP contribution in [0.4, 0.5) is 27.6 Å². The first-order valence-electron chi connectivity index (χ1n) is 9.84. The number of carbonyl (C=O) groups excluding carboxylic acids is 1. The van der Waals surface area contributed by atoms with Crippen LogP contribution in [0, 0.1) is 11.8 Å². The first-order valence-corrected chi connectivity index (χ1v) is 9.84. The van der Waals surface area contributed by atoms with E-state index in [0.717, 1.165) is 18.9 Å². The highest BCUT2D eigenvalue weighted by Gasteiger charge is 2.43. The minimum absolute atomic E-state index is 0.0809. The number of hydrogen-bond donors (Lipinski definition) is 1. The van der Waals surface area contributed by atoms with Crippen molar-refractivity contribution in [2.45, 2.75) is 43.9 Å². The molecule has 1 aliphatic heterocycles. The van der Waals surface area contributed by atoms with Crippen LogP contribution in [-0.2, 0) is 11.0 Å². The first kappa shape index (κ1) is 21.0. The van der Waals surface area contributed by atoms with Gasteiger partial charge in [-0.3, -0.25) is 9.78 Å². The van der Waals surface area contributed by atoms with Crippen molar-refractivity contribution in [3.63, 3.8) is 0 Å². The van der Waals surface area contributed by atoms with Crippen LogP contribution in [0.2, 0.25) is 0 Å². The summed E-state index contributed by atoms with van der Waals surface area (Å²) in [7, 11) is 0. The fourth-order valence-electron chi connectivity index (χ4n) is 4.27. The minimum atomic E-state index is -4.62. The summed E-state index contributed by atoms with van der Waals surface area (Å²) >= 11 is 0. The van der Waals surface area contributed by atoms with Crippen molar-refractivity contribution in [2.75, 3.05) is 18.0 Å². The van der Waals surface area contributed by atoms with Crippen molar-refractivity contribution in [1.82, 2.24) is 4.98 Å². The van der Waals surface area contributed by atoms with Gasteiger partial charge in [0, 0.05) is 36.7 Å². The van der Waals surface area contributed by atoms with E-state index >= 15 is 0 Å². The standard InChI is InChI=1S/C21H21F5N2O2/c22-20(23)9-12(8-17(29)19(30)13-3-4-13)10-28(11-20)16-6-5-15(21(24,25)26)18-14(16)2-1-7-27-18/h1-2,5-7,12-13,19,30H,3-4,8-11H2. The van der Waals surface area contributed by atoms with E-state index in [-0.39, 0.29) is 35.5 Å². The number of Topliss-reactive ketones (excluding diaryl/α,β-unsaturated/α-hetero) is 1. The Morgan fingerprint density at radius 1 is 1.27 bits per heavy atom. The zero-order valence-electron chi connectivity index (χ0n) is 16.0. The van der Waals surface area contributed by atoms with Crippen LogP contribution in [0.3, 0.4) is 0 Å². The second-order valence-electron chi connectivity index (χ2n) is 8.29. The summed E-state index contributed by atoms with van der Waals surface area (Å²) in [6.07, 6.45) is -3.68. The van der Waals surface area contributed by atoms with E-state index < -0.39 is 48.4 Å². The van der Waals surface area contributed by atoms with E-state index in [1.165, 1.54) is 29.3 Å². The van der Waals surface area contributed by atoms with Gasteiger partial charge < -0.3 is 10.0 Å². The number of pyridine rings is 1. The molecule has 2 aliphatic rings. The van der Waals surface area contributed by atoms with Gasteiger partial charge in [0.05, 0.1) is 17.6 Å². The van der Waals surface area contributed by atoms with E-state index in [1.807, 2.05) is 0 Å². The number of aliphatic hydroxyl groups excluding tert-OH is 1. The van der Waals surface area contributed by atoms with E-state index in [1.54, 1.807) is 0 Å². The van der Waals surface area contributed by atoms with Crippen LogP contribution >= 0.6 is 0 Å². The number of ketones is 1. The van der Waals surface area contributed by atoms with Gasteiger partial charge in [-0.25, -0.2) is 8.78 Å². The second kappa shape index (κ2) is 7.44. The lowest BCUT2D eigenvalue weighted by Gasteiger charge is -2.39. The molecule has 4 rings (SSSR count). The highest BCUT2D eigenvalue weighted by Crippen LogP contribution is 2.41. The second-order valence-corrected chi connectivity index (χ2v) is 8.29. The Morgan fingerprint density at radius 3 is 2.67 bits per heavy atom. The number of carbonyl (C=O) groups is 1. The predicted molar refractivity (Wildman–Crippen MR) is 100 cm³/mol. The molecule has 1 saturated heterocycles. The fraction of sp³-hybridized carbons (Fsp3) is 0.524. The highest BCUT2D eigenvalue weighted by atomic mass is 19.4. The molecule has 2 unspecified atom stereocenters. The molecule has 0 amide bonds. The van der Waals surface area contributed by atoms with Gasteiger partial charge in [0.2, 0.25) is 0 Å². The van der Waals surface area contributed by atoms with E-state index in [2.05, 4.69) is 4.98 Å². The molecule has 1 aromatic carbocycles. The summed E-state index contributed by atoms with van der Waals surface area (Å²) in [5.41, 5.74) is -0.997. The van der Waals surface area contributed by atoms with Crippen molar-refractivity contribution in [3.05, 3.63) is 36.0 Å². The normalized spacial score (nSPS) is 22.9. The molecule has 0 bridgehead atoms. The van der Waals surface area contributed by atoms with Crippen LogP contribution < -0.4 is 4.90 Å².